The van der Waals surface area contributed by atoms with E-state index >= 15 is 0 Å². The number of phenolic OH excluding ortho intramolecular Hbond substituents is 1. The minimum atomic E-state index is -0.187. The molecule has 2 aliphatic heterocycles. The third-order valence-corrected chi connectivity index (χ3v) is 5.43. The van der Waals surface area contributed by atoms with Crippen LogP contribution in [0.15, 0.2) is 36.4 Å². The fraction of sp³-hybridized carbons (Fsp3) is 0.409. The van der Waals surface area contributed by atoms with Crippen LogP contribution in [0.4, 0.5) is 5.69 Å². The first-order valence-corrected chi connectivity index (χ1v) is 9.83. The van der Waals surface area contributed by atoms with Gasteiger partial charge in [0.2, 0.25) is 12.7 Å². The first kappa shape index (κ1) is 18.6. The molecule has 28 heavy (non-hydrogen) atoms. The van der Waals surface area contributed by atoms with Crippen molar-refractivity contribution in [3.63, 3.8) is 0 Å². The van der Waals surface area contributed by atoms with Crippen molar-refractivity contribution in [2.45, 2.75) is 51.1 Å². The average Bonchev–Trinajstić information content (AvgIpc) is 3.32. The lowest BCUT2D eigenvalue weighted by Crippen LogP contribution is -2.24. The summed E-state index contributed by atoms with van der Waals surface area (Å²) in [6.45, 7) is 1.75. The number of aryl methyl sites for hydroxylation is 1. The van der Waals surface area contributed by atoms with E-state index in [1.807, 2.05) is 18.2 Å². The van der Waals surface area contributed by atoms with Crippen molar-refractivity contribution in [3.8, 4) is 17.2 Å². The van der Waals surface area contributed by atoms with Crippen LogP contribution < -0.4 is 20.1 Å². The summed E-state index contributed by atoms with van der Waals surface area (Å²) in [6, 6.07) is 12.3. The molecule has 148 valence electrons. The lowest BCUT2D eigenvalue weighted by molar-refractivity contribution is -0.114. The Kier molecular flexibility index (Phi) is 5.39. The molecule has 4 rings (SSSR count). The molecule has 2 aromatic rings. The molecule has 1 amide bonds. The summed E-state index contributed by atoms with van der Waals surface area (Å²) in [7, 11) is 0. The number of hydrogen-bond donors (Lipinski definition) is 3. The minimum Gasteiger partial charge on any atom is -0.506 e. The van der Waals surface area contributed by atoms with E-state index in [0.717, 1.165) is 49.2 Å². The maximum atomic E-state index is 11.3. The first-order chi connectivity index (χ1) is 13.6. The zero-order valence-electron chi connectivity index (χ0n) is 16.0. The van der Waals surface area contributed by atoms with Gasteiger partial charge in [-0.15, -0.1) is 0 Å². The van der Waals surface area contributed by atoms with Gasteiger partial charge in [0.1, 0.15) is 5.75 Å². The number of hydrogen-bond acceptors (Lipinski definition) is 5. The van der Waals surface area contributed by atoms with Crippen LogP contribution in [0.25, 0.3) is 0 Å². The van der Waals surface area contributed by atoms with Gasteiger partial charge >= 0.3 is 0 Å². The molecule has 2 aliphatic rings. The Morgan fingerprint density at radius 1 is 1.18 bits per heavy atom. The van der Waals surface area contributed by atoms with Crippen LogP contribution in [-0.4, -0.2) is 23.8 Å². The summed E-state index contributed by atoms with van der Waals surface area (Å²) in [5.74, 6) is 1.58. The monoisotopic (exact) mass is 382 g/mol. The molecule has 3 N–H and O–H groups in total. The largest absolute Gasteiger partial charge is 0.506 e. The Labute approximate surface area is 164 Å². The van der Waals surface area contributed by atoms with E-state index in [0.29, 0.717) is 18.5 Å². The fourth-order valence-electron chi connectivity index (χ4n) is 4.02. The van der Waals surface area contributed by atoms with Crippen LogP contribution in [0, 0.1) is 0 Å². The number of nitrogens with one attached hydrogen (secondary N) is 2. The van der Waals surface area contributed by atoms with Gasteiger partial charge in [0.05, 0.1) is 5.69 Å². The lowest BCUT2D eigenvalue weighted by atomic mass is 10.0. The van der Waals surface area contributed by atoms with Crippen molar-refractivity contribution >= 4 is 11.6 Å². The van der Waals surface area contributed by atoms with Gasteiger partial charge in [0.15, 0.2) is 11.5 Å². The molecule has 2 unspecified atom stereocenters. The van der Waals surface area contributed by atoms with Crippen molar-refractivity contribution in [2.75, 3.05) is 12.1 Å². The normalized spacial score (nSPS) is 20.3. The molecule has 0 spiro atoms. The van der Waals surface area contributed by atoms with Gasteiger partial charge in [-0.3, -0.25) is 4.79 Å². The number of aromatic hydroxyl groups is 1. The Bertz CT molecular complexity index is 868. The summed E-state index contributed by atoms with van der Waals surface area (Å²) >= 11 is 0. The van der Waals surface area contributed by atoms with E-state index in [2.05, 4.69) is 22.8 Å². The highest BCUT2D eigenvalue weighted by Gasteiger charge is 2.25. The van der Waals surface area contributed by atoms with E-state index in [-0.39, 0.29) is 17.7 Å². The zero-order valence-corrected chi connectivity index (χ0v) is 16.0. The molecular formula is C22H26N2O4. The number of amides is 1. The molecule has 1 saturated heterocycles. The maximum Gasteiger partial charge on any atom is 0.231 e. The zero-order chi connectivity index (χ0) is 19.5. The van der Waals surface area contributed by atoms with Crippen molar-refractivity contribution in [1.82, 2.24) is 5.32 Å². The molecule has 0 bridgehead atoms. The third kappa shape index (κ3) is 4.22. The SMILES string of the molecule is CC(=O)Nc1cc(C2CCC(CCCc3ccc4c(c3)OCO4)N2)ccc1O. The quantitative estimate of drug-likeness (QED) is 0.661. The second-order valence-corrected chi connectivity index (χ2v) is 7.53. The highest BCUT2D eigenvalue weighted by atomic mass is 16.7. The number of anilines is 1. The van der Waals surface area contributed by atoms with E-state index in [1.165, 1.54) is 12.5 Å². The molecule has 2 atom stereocenters. The van der Waals surface area contributed by atoms with Crippen LogP contribution >= 0.6 is 0 Å². The Balaban J connectivity index is 1.29. The predicted octanol–water partition coefficient (Wildman–Crippen LogP) is 3.90. The van der Waals surface area contributed by atoms with Crippen LogP contribution in [0.1, 0.15) is 49.8 Å². The van der Waals surface area contributed by atoms with E-state index in [4.69, 9.17) is 9.47 Å². The molecule has 2 heterocycles. The molecule has 1 fully saturated rings. The first-order valence-electron chi connectivity index (χ1n) is 9.83. The maximum absolute atomic E-state index is 11.3. The minimum absolute atomic E-state index is 0.0947. The number of fused-ring (bicyclic) bond motifs is 1. The summed E-state index contributed by atoms with van der Waals surface area (Å²) < 4.78 is 10.8. The van der Waals surface area contributed by atoms with Crippen LogP contribution in [-0.2, 0) is 11.2 Å². The van der Waals surface area contributed by atoms with Crippen LogP contribution in [0.3, 0.4) is 0 Å². The molecule has 0 radical (unpaired) electrons. The van der Waals surface area contributed by atoms with Gasteiger partial charge in [0.25, 0.3) is 0 Å². The van der Waals surface area contributed by atoms with Gasteiger partial charge in [0, 0.05) is 19.0 Å². The average molecular weight is 382 g/mol. The van der Waals surface area contributed by atoms with Gasteiger partial charge in [-0.05, 0) is 67.5 Å². The number of ether oxygens (including phenoxy) is 2. The molecule has 0 aromatic heterocycles. The van der Waals surface area contributed by atoms with E-state index in [1.54, 1.807) is 6.07 Å². The predicted molar refractivity (Wildman–Crippen MR) is 107 cm³/mol. The van der Waals surface area contributed by atoms with E-state index in [9.17, 15) is 9.90 Å². The second-order valence-electron chi connectivity index (χ2n) is 7.53. The van der Waals surface area contributed by atoms with Gasteiger partial charge < -0.3 is 25.2 Å². The summed E-state index contributed by atoms with van der Waals surface area (Å²) in [4.78, 5) is 11.3. The van der Waals surface area contributed by atoms with Crippen molar-refractivity contribution in [3.05, 3.63) is 47.5 Å². The Hall–Kier alpha value is -2.73. The number of carbonyl (C=O) groups excluding carboxylic acids is 1. The third-order valence-electron chi connectivity index (χ3n) is 5.43. The van der Waals surface area contributed by atoms with E-state index < -0.39 is 0 Å². The number of benzene rings is 2. The molecule has 0 saturated carbocycles. The standard InChI is InChI=1S/C22H26N2O4/c1-14(25)23-19-12-16(6-9-20(19)26)18-8-7-17(24-18)4-2-3-15-5-10-21-22(11-15)28-13-27-21/h5-6,9-12,17-18,24,26H,2-4,7-8,13H2,1H3,(H,23,25). The number of carbonyl (C=O) groups is 1. The number of phenols is 1. The van der Waals surface area contributed by atoms with Gasteiger partial charge in [-0.25, -0.2) is 0 Å². The topological polar surface area (TPSA) is 79.8 Å². The molecule has 0 aliphatic carbocycles. The molecular weight excluding hydrogens is 356 g/mol. The fourth-order valence-corrected chi connectivity index (χ4v) is 4.02. The summed E-state index contributed by atoms with van der Waals surface area (Å²) in [6.07, 6.45) is 5.42. The van der Waals surface area contributed by atoms with Crippen molar-refractivity contribution in [1.29, 1.82) is 0 Å². The van der Waals surface area contributed by atoms with Crippen molar-refractivity contribution < 1.29 is 19.4 Å². The van der Waals surface area contributed by atoms with Gasteiger partial charge in [-0.2, -0.15) is 0 Å². The molecule has 6 nitrogen and oxygen atoms in total. The number of rotatable bonds is 6. The van der Waals surface area contributed by atoms with Crippen LogP contribution in [0.5, 0.6) is 17.2 Å². The highest BCUT2D eigenvalue weighted by molar-refractivity contribution is 5.90. The Morgan fingerprint density at radius 2 is 2.04 bits per heavy atom. The summed E-state index contributed by atoms with van der Waals surface area (Å²) in [5.41, 5.74) is 2.84. The molecule has 6 heteroatoms. The second kappa shape index (κ2) is 8.10. The highest BCUT2D eigenvalue weighted by Crippen LogP contribution is 2.34. The lowest BCUT2D eigenvalue weighted by Gasteiger charge is -2.16. The Morgan fingerprint density at radius 3 is 2.89 bits per heavy atom. The summed E-state index contributed by atoms with van der Waals surface area (Å²) in [5, 5.41) is 16.3. The molecule has 2 aromatic carbocycles. The van der Waals surface area contributed by atoms with Crippen molar-refractivity contribution in [2.24, 2.45) is 0 Å². The van der Waals surface area contributed by atoms with Gasteiger partial charge in [-0.1, -0.05) is 12.1 Å². The smallest absolute Gasteiger partial charge is 0.231 e. The van der Waals surface area contributed by atoms with Crippen LogP contribution in [0.2, 0.25) is 0 Å².